The number of carbonyl (C=O) groups excluding carboxylic acids is 2. The third-order valence-corrected chi connectivity index (χ3v) is 6.45. The fraction of sp³-hybridized carbons (Fsp3) is 0.333. The molecule has 0 bridgehead atoms. The monoisotopic (exact) mass is 495 g/mol. The van der Waals surface area contributed by atoms with Crippen LogP contribution < -0.4 is 5.32 Å². The van der Waals surface area contributed by atoms with Gasteiger partial charge in [-0.2, -0.15) is 10.4 Å². The van der Waals surface area contributed by atoms with Crippen molar-refractivity contribution < 1.29 is 9.59 Å². The Kier molecular flexibility index (Phi) is 8.52. The van der Waals surface area contributed by atoms with Gasteiger partial charge in [-0.1, -0.05) is 32.0 Å². The molecule has 2 N–H and O–H groups in total. The summed E-state index contributed by atoms with van der Waals surface area (Å²) in [4.78, 5) is 26.8. The van der Waals surface area contributed by atoms with Gasteiger partial charge in [-0.15, -0.1) is 12.8 Å². The molecular weight excluding hydrogens is 462 g/mol. The predicted octanol–water partition coefficient (Wildman–Crippen LogP) is 4.89. The summed E-state index contributed by atoms with van der Waals surface area (Å²) < 4.78 is 0. The Morgan fingerprint density at radius 3 is 2.51 bits per heavy atom. The summed E-state index contributed by atoms with van der Waals surface area (Å²) in [6.07, 6.45) is 10.0. The SMILES string of the molecule is C#C.CC#N.CCNC(=O)c1ccc(CN2Cc3cc(-c4n[nH]c5c4CC(C)(C)C5)ccc3C2=O)cc1. The van der Waals surface area contributed by atoms with Crippen molar-refractivity contribution in [3.63, 3.8) is 0 Å². The van der Waals surface area contributed by atoms with Crippen LogP contribution in [0.1, 0.15) is 70.8 Å². The van der Waals surface area contributed by atoms with Crippen LogP contribution >= 0.6 is 0 Å². The molecule has 7 heteroatoms. The van der Waals surface area contributed by atoms with Crippen molar-refractivity contribution in [1.82, 2.24) is 20.4 Å². The molecule has 0 radical (unpaired) electrons. The topological polar surface area (TPSA) is 102 Å². The van der Waals surface area contributed by atoms with Crippen LogP contribution in [0.2, 0.25) is 0 Å². The summed E-state index contributed by atoms with van der Waals surface area (Å²) in [6, 6.07) is 15.3. The number of rotatable bonds is 5. The van der Waals surface area contributed by atoms with Crippen LogP contribution in [0.15, 0.2) is 42.5 Å². The first-order chi connectivity index (χ1) is 17.8. The number of benzene rings is 2. The molecule has 1 aromatic heterocycles. The molecular formula is C30H33N5O2. The first-order valence-corrected chi connectivity index (χ1v) is 12.3. The molecule has 0 spiro atoms. The average molecular weight is 496 g/mol. The number of H-pyrrole nitrogens is 1. The summed E-state index contributed by atoms with van der Waals surface area (Å²) in [5.74, 6) is -0.0304. The summed E-state index contributed by atoms with van der Waals surface area (Å²) in [7, 11) is 0. The van der Waals surface area contributed by atoms with Crippen LogP contribution in [-0.4, -0.2) is 33.5 Å². The minimum absolute atomic E-state index is 0.0488. The zero-order valence-electron chi connectivity index (χ0n) is 21.9. The second kappa shape index (κ2) is 11.6. The molecule has 0 unspecified atom stereocenters. The quantitative estimate of drug-likeness (QED) is 0.492. The molecule has 2 aliphatic rings. The summed E-state index contributed by atoms with van der Waals surface area (Å²) in [5, 5.41) is 17.9. The molecule has 2 aromatic carbocycles. The van der Waals surface area contributed by atoms with E-state index in [-0.39, 0.29) is 17.2 Å². The number of terminal acetylenes is 1. The van der Waals surface area contributed by atoms with E-state index in [0.717, 1.165) is 40.8 Å². The van der Waals surface area contributed by atoms with Crippen molar-refractivity contribution in [3.8, 4) is 30.2 Å². The lowest BCUT2D eigenvalue weighted by molar-refractivity contribution is 0.0766. The predicted molar refractivity (Wildman–Crippen MR) is 144 cm³/mol. The molecule has 0 atom stereocenters. The lowest BCUT2D eigenvalue weighted by atomic mass is 9.90. The third kappa shape index (κ3) is 5.90. The molecule has 1 aliphatic carbocycles. The van der Waals surface area contributed by atoms with Crippen LogP contribution in [0, 0.1) is 29.6 Å². The number of nitriles is 1. The standard InChI is InChI=1S/C26H28N4O2.C2H3N.C2H2/c1-4-27-24(31)17-7-5-16(6-8-17)14-30-15-19-11-18(9-10-20(19)25(30)32)23-21-12-26(2,3)13-22(21)28-29-23;1-2-3;1-2/h5-11H,4,12-15H2,1-3H3,(H,27,31)(H,28,29);1H3;1-2H. The zero-order valence-corrected chi connectivity index (χ0v) is 21.9. The number of nitrogens with one attached hydrogen (secondary N) is 2. The van der Waals surface area contributed by atoms with Gasteiger partial charge in [0.2, 0.25) is 0 Å². The van der Waals surface area contributed by atoms with Gasteiger partial charge in [0.1, 0.15) is 0 Å². The fourth-order valence-electron chi connectivity index (χ4n) is 4.90. The number of carbonyl (C=O) groups is 2. The van der Waals surface area contributed by atoms with E-state index in [1.54, 1.807) is 6.07 Å². The van der Waals surface area contributed by atoms with E-state index >= 15 is 0 Å². The van der Waals surface area contributed by atoms with Gasteiger partial charge in [-0.25, -0.2) is 0 Å². The minimum Gasteiger partial charge on any atom is -0.352 e. The van der Waals surface area contributed by atoms with E-state index in [9.17, 15) is 9.59 Å². The molecule has 2 amide bonds. The van der Waals surface area contributed by atoms with E-state index in [0.29, 0.717) is 25.2 Å². The van der Waals surface area contributed by atoms with E-state index in [2.05, 4.69) is 48.3 Å². The fourth-order valence-corrected chi connectivity index (χ4v) is 4.90. The van der Waals surface area contributed by atoms with Gasteiger partial charge in [0.05, 0.1) is 11.8 Å². The molecule has 37 heavy (non-hydrogen) atoms. The molecule has 0 fully saturated rings. The second-order valence-corrected chi connectivity index (χ2v) is 9.86. The van der Waals surface area contributed by atoms with Crippen molar-refractivity contribution in [2.45, 2.75) is 53.6 Å². The molecule has 0 saturated carbocycles. The van der Waals surface area contributed by atoms with Crippen LogP contribution in [0.5, 0.6) is 0 Å². The van der Waals surface area contributed by atoms with Gasteiger partial charge in [0, 0.05) is 54.5 Å². The Morgan fingerprint density at radius 2 is 1.86 bits per heavy atom. The van der Waals surface area contributed by atoms with Crippen molar-refractivity contribution in [2.75, 3.05) is 6.54 Å². The Labute approximate surface area is 218 Å². The highest BCUT2D eigenvalue weighted by Crippen LogP contribution is 2.40. The number of hydrogen-bond acceptors (Lipinski definition) is 4. The molecule has 0 saturated heterocycles. The van der Waals surface area contributed by atoms with Gasteiger partial charge in [0.15, 0.2) is 0 Å². The van der Waals surface area contributed by atoms with Gasteiger partial charge < -0.3 is 10.2 Å². The Hall–Kier alpha value is -4.36. The summed E-state index contributed by atoms with van der Waals surface area (Å²) in [5.41, 5.74) is 8.33. The van der Waals surface area contributed by atoms with E-state index < -0.39 is 0 Å². The maximum atomic E-state index is 13.0. The van der Waals surface area contributed by atoms with Crippen LogP contribution in [-0.2, 0) is 25.9 Å². The maximum absolute atomic E-state index is 13.0. The number of fused-ring (bicyclic) bond motifs is 2. The van der Waals surface area contributed by atoms with Crippen LogP contribution in [0.25, 0.3) is 11.3 Å². The summed E-state index contributed by atoms with van der Waals surface area (Å²) in [6.45, 7) is 9.60. The zero-order chi connectivity index (χ0) is 27.2. The molecule has 3 aromatic rings. The Morgan fingerprint density at radius 1 is 1.19 bits per heavy atom. The van der Waals surface area contributed by atoms with Crippen molar-refractivity contribution in [3.05, 3.63) is 76.0 Å². The summed E-state index contributed by atoms with van der Waals surface area (Å²) >= 11 is 0. The minimum atomic E-state index is -0.0792. The molecule has 190 valence electrons. The van der Waals surface area contributed by atoms with Crippen LogP contribution in [0.3, 0.4) is 0 Å². The first-order valence-electron chi connectivity index (χ1n) is 12.3. The normalized spacial score (nSPS) is 14.3. The van der Waals surface area contributed by atoms with Crippen molar-refractivity contribution >= 4 is 11.8 Å². The molecule has 7 nitrogen and oxygen atoms in total. The first kappa shape index (κ1) is 27.2. The van der Waals surface area contributed by atoms with Gasteiger partial charge >= 0.3 is 0 Å². The van der Waals surface area contributed by atoms with Crippen LogP contribution in [0.4, 0.5) is 0 Å². The molecule has 2 heterocycles. The van der Waals surface area contributed by atoms with Crippen molar-refractivity contribution in [1.29, 1.82) is 5.26 Å². The Bertz CT molecular complexity index is 1340. The smallest absolute Gasteiger partial charge is 0.254 e. The molecule has 1 aliphatic heterocycles. The van der Waals surface area contributed by atoms with Gasteiger partial charge in [0.25, 0.3) is 11.8 Å². The largest absolute Gasteiger partial charge is 0.352 e. The van der Waals surface area contributed by atoms with Gasteiger partial charge in [-0.05, 0) is 60.6 Å². The molecule has 5 rings (SSSR count). The van der Waals surface area contributed by atoms with Gasteiger partial charge in [-0.3, -0.25) is 14.7 Å². The number of aromatic nitrogens is 2. The highest BCUT2D eigenvalue weighted by molar-refractivity contribution is 5.99. The van der Waals surface area contributed by atoms with E-state index in [1.165, 1.54) is 18.2 Å². The number of nitrogens with zero attached hydrogens (tertiary/aromatic N) is 3. The number of aromatic amines is 1. The Balaban J connectivity index is 0.000000711. The average Bonchev–Trinajstić information content (AvgIpc) is 3.50. The maximum Gasteiger partial charge on any atom is 0.254 e. The number of hydrogen-bond donors (Lipinski definition) is 2. The highest BCUT2D eigenvalue weighted by atomic mass is 16.2. The van der Waals surface area contributed by atoms with E-state index in [4.69, 9.17) is 5.26 Å². The number of amides is 2. The lowest BCUT2D eigenvalue weighted by Gasteiger charge is -2.16. The highest BCUT2D eigenvalue weighted by Gasteiger charge is 2.33. The van der Waals surface area contributed by atoms with E-state index in [1.807, 2.05) is 48.2 Å². The van der Waals surface area contributed by atoms with Crippen molar-refractivity contribution in [2.24, 2.45) is 5.41 Å². The lowest BCUT2D eigenvalue weighted by Crippen LogP contribution is -2.24. The third-order valence-electron chi connectivity index (χ3n) is 6.45. The second-order valence-electron chi connectivity index (χ2n) is 9.86.